The minimum atomic E-state index is -0.121. The Morgan fingerprint density at radius 2 is 2.29 bits per heavy atom. The Morgan fingerprint density at radius 1 is 1.48 bits per heavy atom. The van der Waals surface area contributed by atoms with Gasteiger partial charge in [0.25, 0.3) is 0 Å². The topological polar surface area (TPSA) is 38.3 Å². The Balaban J connectivity index is 1.87. The molecule has 0 saturated heterocycles. The maximum absolute atomic E-state index is 12.3. The van der Waals surface area contributed by atoms with Crippen LogP contribution < -0.4 is 10.1 Å². The summed E-state index contributed by atoms with van der Waals surface area (Å²) in [4.78, 5) is 12.3. The number of carbonyl (C=O) groups is 1. The van der Waals surface area contributed by atoms with Crippen molar-refractivity contribution in [2.24, 2.45) is 5.92 Å². The van der Waals surface area contributed by atoms with Gasteiger partial charge in [0.2, 0.25) is 5.91 Å². The maximum atomic E-state index is 12.3. The van der Waals surface area contributed by atoms with Crippen LogP contribution in [0.1, 0.15) is 45.1 Å². The molecule has 1 amide bonds. The van der Waals surface area contributed by atoms with Crippen molar-refractivity contribution in [3.8, 4) is 5.75 Å². The van der Waals surface area contributed by atoms with E-state index in [0.717, 1.165) is 24.2 Å². The van der Waals surface area contributed by atoms with Crippen molar-refractivity contribution < 1.29 is 9.53 Å². The fourth-order valence-corrected chi connectivity index (χ4v) is 2.86. The quantitative estimate of drug-likeness (QED) is 0.807. The molecule has 1 N–H and O–H groups in total. The summed E-state index contributed by atoms with van der Waals surface area (Å²) in [5.74, 6) is 0.814. The van der Waals surface area contributed by atoms with Gasteiger partial charge < -0.3 is 10.1 Å². The molecule has 0 spiro atoms. The monoisotopic (exact) mass is 309 g/mol. The molecule has 0 aromatic heterocycles. The first-order valence-corrected chi connectivity index (χ1v) is 8.19. The summed E-state index contributed by atoms with van der Waals surface area (Å²) in [7, 11) is 0. The average molecular weight is 310 g/mol. The largest absolute Gasteiger partial charge is 0.492 e. The van der Waals surface area contributed by atoms with Crippen LogP contribution in [0, 0.1) is 5.92 Å². The van der Waals surface area contributed by atoms with E-state index in [2.05, 4.69) is 19.2 Å². The number of hydrogen-bond donors (Lipinski definition) is 1. The number of halogens is 1. The molecule has 1 aromatic carbocycles. The number of amides is 1. The second-order valence-electron chi connectivity index (χ2n) is 5.87. The molecule has 1 aromatic rings. The summed E-state index contributed by atoms with van der Waals surface area (Å²) < 4.78 is 5.67. The minimum absolute atomic E-state index is 0.0876. The normalized spacial score (nSPS) is 18.5. The van der Waals surface area contributed by atoms with Crippen molar-refractivity contribution in [2.45, 2.75) is 52.0 Å². The highest BCUT2D eigenvalue weighted by molar-refractivity contribution is 6.30. The van der Waals surface area contributed by atoms with Crippen LogP contribution in [0.4, 0.5) is 0 Å². The highest BCUT2D eigenvalue weighted by Crippen LogP contribution is 2.29. The van der Waals surface area contributed by atoms with Crippen molar-refractivity contribution >= 4 is 17.5 Å². The van der Waals surface area contributed by atoms with Gasteiger partial charge in [-0.05, 0) is 43.5 Å². The Bertz CT molecular complexity index is 490. The molecule has 0 radical (unpaired) electrons. The highest BCUT2D eigenvalue weighted by Gasteiger charge is 2.26. The number of carbonyl (C=O) groups excluding carboxylic acids is 1. The number of ether oxygens (including phenoxy) is 1. The minimum Gasteiger partial charge on any atom is -0.492 e. The fourth-order valence-electron chi connectivity index (χ4n) is 2.66. The van der Waals surface area contributed by atoms with Gasteiger partial charge in [-0.15, -0.1) is 0 Å². The highest BCUT2D eigenvalue weighted by atomic mass is 35.5. The number of fused-ring (bicyclic) bond motifs is 1. The molecule has 3 nitrogen and oxygen atoms in total. The zero-order valence-electron chi connectivity index (χ0n) is 12.8. The van der Waals surface area contributed by atoms with E-state index in [4.69, 9.17) is 16.3 Å². The first kappa shape index (κ1) is 16.2. The van der Waals surface area contributed by atoms with Gasteiger partial charge in [-0.3, -0.25) is 4.79 Å². The van der Waals surface area contributed by atoms with E-state index in [1.165, 1.54) is 12.8 Å². The lowest BCUT2D eigenvalue weighted by Crippen LogP contribution is -2.41. The molecular formula is C17H24ClNO2. The van der Waals surface area contributed by atoms with E-state index in [9.17, 15) is 4.79 Å². The Hall–Kier alpha value is -1.22. The van der Waals surface area contributed by atoms with Crippen molar-refractivity contribution in [3.63, 3.8) is 0 Å². The van der Waals surface area contributed by atoms with E-state index < -0.39 is 0 Å². The van der Waals surface area contributed by atoms with Gasteiger partial charge in [0.15, 0.2) is 0 Å². The number of benzene rings is 1. The van der Waals surface area contributed by atoms with Crippen LogP contribution in [0.2, 0.25) is 5.02 Å². The van der Waals surface area contributed by atoms with Gasteiger partial charge in [-0.2, -0.15) is 0 Å². The third kappa shape index (κ3) is 4.63. The Labute approximate surface area is 132 Å². The Morgan fingerprint density at radius 3 is 3.05 bits per heavy atom. The summed E-state index contributed by atoms with van der Waals surface area (Å²) >= 11 is 6.00. The van der Waals surface area contributed by atoms with Crippen molar-refractivity contribution in [2.75, 3.05) is 6.61 Å². The molecule has 0 aliphatic carbocycles. The van der Waals surface area contributed by atoms with E-state index in [1.807, 2.05) is 18.2 Å². The van der Waals surface area contributed by atoms with Crippen LogP contribution in [0.15, 0.2) is 18.2 Å². The SMILES string of the molecule is CCCCC[C@@H](C)NC(=O)[C@H]1COc2ccc(Cl)cc2C1. The molecule has 2 rings (SSSR count). The smallest absolute Gasteiger partial charge is 0.227 e. The first-order valence-electron chi connectivity index (χ1n) is 7.81. The van der Waals surface area contributed by atoms with Crippen LogP contribution in [-0.2, 0) is 11.2 Å². The van der Waals surface area contributed by atoms with Crippen LogP contribution in [0.3, 0.4) is 0 Å². The molecule has 1 aliphatic heterocycles. The molecule has 0 unspecified atom stereocenters. The molecule has 21 heavy (non-hydrogen) atoms. The summed E-state index contributed by atoms with van der Waals surface area (Å²) in [5.41, 5.74) is 1.02. The zero-order chi connectivity index (χ0) is 15.2. The summed E-state index contributed by atoms with van der Waals surface area (Å²) in [5, 5.41) is 3.79. The lowest BCUT2D eigenvalue weighted by molar-refractivity contribution is -0.126. The molecule has 1 aliphatic rings. The number of hydrogen-bond acceptors (Lipinski definition) is 2. The maximum Gasteiger partial charge on any atom is 0.227 e. The third-order valence-electron chi connectivity index (χ3n) is 3.93. The number of rotatable bonds is 6. The predicted molar refractivity (Wildman–Crippen MR) is 85.9 cm³/mol. The molecule has 2 atom stereocenters. The molecule has 116 valence electrons. The van der Waals surface area contributed by atoms with Gasteiger partial charge in [-0.1, -0.05) is 37.8 Å². The van der Waals surface area contributed by atoms with E-state index in [1.54, 1.807) is 0 Å². The van der Waals surface area contributed by atoms with Crippen LogP contribution in [0.5, 0.6) is 5.75 Å². The fraction of sp³-hybridized carbons (Fsp3) is 0.588. The number of unbranched alkanes of at least 4 members (excludes halogenated alkanes) is 2. The van der Waals surface area contributed by atoms with E-state index >= 15 is 0 Å². The van der Waals surface area contributed by atoms with Gasteiger partial charge in [0, 0.05) is 11.1 Å². The van der Waals surface area contributed by atoms with Gasteiger partial charge >= 0.3 is 0 Å². The van der Waals surface area contributed by atoms with Crippen molar-refractivity contribution in [1.29, 1.82) is 0 Å². The van der Waals surface area contributed by atoms with Gasteiger partial charge in [0.05, 0.1) is 5.92 Å². The second kappa shape index (κ2) is 7.69. The Kier molecular flexibility index (Phi) is 5.92. The van der Waals surface area contributed by atoms with Crippen LogP contribution in [0.25, 0.3) is 0 Å². The summed E-state index contributed by atoms with van der Waals surface area (Å²) in [6.07, 6.45) is 5.32. The van der Waals surface area contributed by atoms with Gasteiger partial charge in [0.1, 0.15) is 12.4 Å². The molecule has 0 saturated carbocycles. The van der Waals surface area contributed by atoms with E-state index in [-0.39, 0.29) is 17.9 Å². The molecule has 4 heteroatoms. The lowest BCUT2D eigenvalue weighted by Gasteiger charge is -2.26. The summed E-state index contributed by atoms with van der Waals surface area (Å²) in [6.45, 7) is 4.70. The molecule has 0 fully saturated rings. The number of nitrogens with one attached hydrogen (secondary N) is 1. The zero-order valence-corrected chi connectivity index (χ0v) is 13.6. The second-order valence-corrected chi connectivity index (χ2v) is 6.31. The predicted octanol–water partition coefficient (Wildman–Crippen LogP) is 3.98. The molecule has 0 bridgehead atoms. The first-order chi connectivity index (χ1) is 10.1. The van der Waals surface area contributed by atoms with Crippen molar-refractivity contribution in [3.05, 3.63) is 28.8 Å². The van der Waals surface area contributed by atoms with Crippen LogP contribution in [-0.4, -0.2) is 18.6 Å². The van der Waals surface area contributed by atoms with Crippen molar-refractivity contribution in [1.82, 2.24) is 5.32 Å². The van der Waals surface area contributed by atoms with E-state index in [0.29, 0.717) is 18.1 Å². The molecule has 1 heterocycles. The summed E-state index contributed by atoms with van der Waals surface area (Å²) in [6, 6.07) is 5.81. The molecular weight excluding hydrogens is 286 g/mol. The standard InChI is InChI=1S/C17H24ClNO2/c1-3-4-5-6-12(2)19-17(20)14-9-13-10-15(18)7-8-16(13)21-11-14/h7-8,10,12,14H,3-6,9,11H2,1-2H3,(H,19,20)/t12-,14-/m1/s1. The van der Waals surface area contributed by atoms with Gasteiger partial charge in [-0.25, -0.2) is 0 Å². The van der Waals surface area contributed by atoms with Crippen LogP contribution >= 0.6 is 11.6 Å². The average Bonchev–Trinajstić information content (AvgIpc) is 2.46. The lowest BCUT2D eigenvalue weighted by atomic mass is 9.95. The third-order valence-corrected chi connectivity index (χ3v) is 4.16.